The highest BCUT2D eigenvalue weighted by Gasteiger charge is 2.20. The zero-order valence-corrected chi connectivity index (χ0v) is 13.0. The van der Waals surface area contributed by atoms with E-state index in [2.05, 4.69) is 28.9 Å². The molecule has 0 N–H and O–H groups in total. The van der Waals surface area contributed by atoms with Crippen LogP contribution < -0.4 is 0 Å². The van der Waals surface area contributed by atoms with Gasteiger partial charge < -0.3 is 9.47 Å². The van der Waals surface area contributed by atoms with E-state index in [0.717, 1.165) is 29.8 Å². The fourth-order valence-electron chi connectivity index (χ4n) is 2.77. The molecule has 0 fully saturated rings. The molecule has 22 heavy (non-hydrogen) atoms. The van der Waals surface area contributed by atoms with E-state index < -0.39 is 0 Å². The first kappa shape index (κ1) is 14.4. The van der Waals surface area contributed by atoms with Crippen molar-refractivity contribution in [2.75, 3.05) is 14.1 Å². The van der Waals surface area contributed by atoms with Gasteiger partial charge in [-0.3, -0.25) is 4.79 Å². The molecule has 3 rings (SSSR count). The molecule has 0 bridgehead atoms. The van der Waals surface area contributed by atoms with Crippen molar-refractivity contribution >= 4 is 12.0 Å². The van der Waals surface area contributed by atoms with E-state index in [1.807, 2.05) is 36.5 Å². The van der Waals surface area contributed by atoms with Gasteiger partial charge in [-0.15, -0.1) is 0 Å². The minimum absolute atomic E-state index is 0.0618. The van der Waals surface area contributed by atoms with E-state index in [0.29, 0.717) is 0 Å². The van der Waals surface area contributed by atoms with Crippen LogP contribution in [0.15, 0.2) is 54.8 Å². The quantitative estimate of drug-likeness (QED) is 0.851. The first-order chi connectivity index (χ1) is 10.7. The van der Waals surface area contributed by atoms with Crippen molar-refractivity contribution in [1.82, 2.24) is 9.47 Å². The maximum atomic E-state index is 12.5. The highest BCUT2D eigenvalue weighted by molar-refractivity contribution is 5.96. The van der Waals surface area contributed by atoms with Crippen LogP contribution in [0.2, 0.25) is 0 Å². The van der Waals surface area contributed by atoms with Crippen molar-refractivity contribution in [2.45, 2.75) is 13.0 Å². The van der Waals surface area contributed by atoms with Crippen LogP contribution in [0.3, 0.4) is 0 Å². The van der Waals surface area contributed by atoms with Gasteiger partial charge in [-0.2, -0.15) is 0 Å². The van der Waals surface area contributed by atoms with Crippen LogP contribution >= 0.6 is 0 Å². The average molecular weight is 292 g/mol. The Bertz CT molecular complexity index is 736. The minimum Gasteiger partial charge on any atom is -0.345 e. The first-order valence-electron chi connectivity index (χ1n) is 7.47. The van der Waals surface area contributed by atoms with Gasteiger partial charge >= 0.3 is 0 Å². The van der Waals surface area contributed by atoms with Gasteiger partial charge in [0.1, 0.15) is 0 Å². The number of fused-ring (bicyclic) bond motifs is 1. The lowest BCUT2D eigenvalue weighted by Crippen LogP contribution is -2.22. The number of aromatic nitrogens is 1. The third kappa shape index (κ3) is 2.75. The number of carbonyl (C=O) groups is 1. The van der Waals surface area contributed by atoms with E-state index in [1.54, 1.807) is 19.0 Å². The number of hydrogen-bond donors (Lipinski definition) is 0. The summed E-state index contributed by atoms with van der Waals surface area (Å²) in [6, 6.07) is 10.3. The Labute approximate surface area is 131 Å². The number of nitrogens with zero attached hydrogens (tertiary/aromatic N) is 2. The van der Waals surface area contributed by atoms with E-state index >= 15 is 0 Å². The molecule has 0 radical (unpaired) electrons. The number of amides is 1. The lowest BCUT2D eigenvalue weighted by atomic mass is 10.1. The molecule has 0 aliphatic heterocycles. The van der Waals surface area contributed by atoms with Gasteiger partial charge in [0.15, 0.2) is 0 Å². The average Bonchev–Trinajstić information content (AvgIpc) is 2.71. The molecule has 0 saturated carbocycles. The van der Waals surface area contributed by atoms with Crippen LogP contribution in [0.4, 0.5) is 0 Å². The van der Waals surface area contributed by atoms with Crippen molar-refractivity contribution in [3.8, 4) is 0 Å². The fourth-order valence-corrected chi connectivity index (χ4v) is 2.77. The van der Waals surface area contributed by atoms with Crippen LogP contribution in [0, 0.1) is 0 Å². The predicted octanol–water partition coefficient (Wildman–Crippen LogP) is 3.36. The van der Waals surface area contributed by atoms with Gasteiger partial charge in [-0.1, -0.05) is 48.6 Å². The van der Waals surface area contributed by atoms with Gasteiger partial charge in [0, 0.05) is 32.5 Å². The molecule has 0 atom stereocenters. The minimum atomic E-state index is 0.0618. The molecule has 112 valence electrons. The molecule has 3 nitrogen and oxygen atoms in total. The SMILES string of the molecule is CN(C)C(=O)c1cn(Cc2ccccc2)c2c1CC=CC=C2. The molecule has 0 spiro atoms. The molecule has 1 aliphatic rings. The van der Waals surface area contributed by atoms with Gasteiger partial charge in [-0.25, -0.2) is 0 Å². The van der Waals surface area contributed by atoms with Crippen LogP contribution in [0.25, 0.3) is 6.08 Å². The third-order valence-corrected chi connectivity index (χ3v) is 3.88. The second-order valence-electron chi connectivity index (χ2n) is 5.71. The highest BCUT2D eigenvalue weighted by Crippen LogP contribution is 2.24. The van der Waals surface area contributed by atoms with E-state index in [9.17, 15) is 4.79 Å². The maximum absolute atomic E-state index is 12.5. The standard InChI is InChI=1S/C19H20N2O/c1-20(2)19(22)17-14-21(13-15-9-5-3-6-10-15)18-12-8-4-7-11-16(17)18/h3-10,12,14H,11,13H2,1-2H3. The summed E-state index contributed by atoms with van der Waals surface area (Å²) in [5, 5.41) is 0. The highest BCUT2D eigenvalue weighted by atomic mass is 16.2. The molecule has 3 heteroatoms. The van der Waals surface area contributed by atoms with Crippen molar-refractivity contribution in [1.29, 1.82) is 0 Å². The summed E-state index contributed by atoms with van der Waals surface area (Å²) in [5.74, 6) is 0.0618. The topological polar surface area (TPSA) is 25.2 Å². The van der Waals surface area contributed by atoms with Crippen LogP contribution in [-0.2, 0) is 13.0 Å². The molecule has 2 aromatic rings. The second-order valence-corrected chi connectivity index (χ2v) is 5.71. The van der Waals surface area contributed by atoms with Crippen molar-refractivity contribution < 1.29 is 4.79 Å². The van der Waals surface area contributed by atoms with Crippen molar-refractivity contribution in [2.24, 2.45) is 0 Å². The molecule has 1 heterocycles. The van der Waals surface area contributed by atoms with Gasteiger partial charge in [0.05, 0.1) is 5.56 Å². The monoisotopic (exact) mass is 292 g/mol. The molecule has 1 amide bonds. The Morgan fingerprint density at radius 2 is 1.95 bits per heavy atom. The Kier molecular flexibility index (Phi) is 3.96. The number of hydrogen-bond acceptors (Lipinski definition) is 1. The second kappa shape index (κ2) is 6.06. The molecule has 1 aliphatic carbocycles. The third-order valence-electron chi connectivity index (χ3n) is 3.88. The normalized spacial score (nSPS) is 12.8. The summed E-state index contributed by atoms with van der Waals surface area (Å²) in [4.78, 5) is 14.1. The molecular formula is C19H20N2O. The Balaban J connectivity index is 2.05. The van der Waals surface area contributed by atoms with E-state index in [4.69, 9.17) is 0 Å². The summed E-state index contributed by atoms with van der Waals surface area (Å²) in [6.07, 6.45) is 11.0. The van der Waals surface area contributed by atoms with Crippen molar-refractivity contribution in [3.05, 3.63) is 77.1 Å². The molecule has 1 aromatic heterocycles. The summed E-state index contributed by atoms with van der Waals surface area (Å²) >= 11 is 0. The Morgan fingerprint density at radius 1 is 1.18 bits per heavy atom. The molecule has 0 saturated heterocycles. The van der Waals surface area contributed by atoms with Crippen molar-refractivity contribution in [3.63, 3.8) is 0 Å². The smallest absolute Gasteiger partial charge is 0.255 e. The summed E-state index contributed by atoms with van der Waals surface area (Å²) in [5.41, 5.74) is 4.26. The largest absolute Gasteiger partial charge is 0.345 e. The zero-order chi connectivity index (χ0) is 15.5. The number of allylic oxidation sites excluding steroid dienone is 3. The Hall–Kier alpha value is -2.55. The van der Waals surface area contributed by atoms with Crippen LogP contribution in [-0.4, -0.2) is 29.5 Å². The molecule has 0 unspecified atom stereocenters. The summed E-state index contributed by atoms with van der Waals surface area (Å²) in [7, 11) is 3.59. The molecule has 1 aromatic carbocycles. The van der Waals surface area contributed by atoms with Gasteiger partial charge in [0.2, 0.25) is 0 Å². The number of benzene rings is 1. The Morgan fingerprint density at radius 3 is 2.68 bits per heavy atom. The fraction of sp³-hybridized carbons (Fsp3) is 0.211. The van der Waals surface area contributed by atoms with Crippen LogP contribution in [0.1, 0.15) is 27.2 Å². The maximum Gasteiger partial charge on any atom is 0.255 e. The van der Waals surface area contributed by atoms with Gasteiger partial charge in [0.25, 0.3) is 5.91 Å². The predicted molar refractivity (Wildman–Crippen MR) is 89.9 cm³/mol. The van der Waals surface area contributed by atoms with E-state index in [-0.39, 0.29) is 5.91 Å². The lowest BCUT2D eigenvalue weighted by molar-refractivity contribution is 0.0826. The summed E-state index contributed by atoms with van der Waals surface area (Å²) in [6.45, 7) is 0.772. The number of carbonyl (C=O) groups excluding carboxylic acids is 1. The molecular weight excluding hydrogens is 272 g/mol. The lowest BCUT2D eigenvalue weighted by Gasteiger charge is -2.10. The first-order valence-corrected chi connectivity index (χ1v) is 7.47. The number of rotatable bonds is 3. The van der Waals surface area contributed by atoms with Gasteiger partial charge in [-0.05, 0) is 23.6 Å². The zero-order valence-electron chi connectivity index (χ0n) is 13.0. The summed E-state index contributed by atoms with van der Waals surface area (Å²) < 4.78 is 2.17. The van der Waals surface area contributed by atoms with E-state index in [1.165, 1.54) is 5.56 Å². The van der Waals surface area contributed by atoms with Crippen LogP contribution in [0.5, 0.6) is 0 Å².